The molecule has 1 aliphatic rings. The van der Waals surface area contributed by atoms with E-state index in [0.717, 1.165) is 18.5 Å². The van der Waals surface area contributed by atoms with Crippen LogP contribution in [0, 0.1) is 5.92 Å². The van der Waals surface area contributed by atoms with Gasteiger partial charge in [-0.25, -0.2) is 0 Å². The lowest BCUT2D eigenvalue weighted by atomic mass is 9.91. The number of halogens is 1. The van der Waals surface area contributed by atoms with Gasteiger partial charge in [-0.3, -0.25) is 4.79 Å². The Hall–Kier alpha value is -1.06. The molecule has 0 aliphatic carbocycles. The number of carboxylic acids is 1. The second-order valence-electron chi connectivity index (χ2n) is 4.10. The van der Waals surface area contributed by atoms with Gasteiger partial charge in [0.15, 0.2) is 0 Å². The van der Waals surface area contributed by atoms with Gasteiger partial charge in [0.2, 0.25) is 0 Å². The third-order valence-electron chi connectivity index (χ3n) is 3.03. The molecular formula is C12H14ClNO2. The summed E-state index contributed by atoms with van der Waals surface area (Å²) in [5.41, 5.74) is 1.01. The van der Waals surface area contributed by atoms with Gasteiger partial charge in [-0.05, 0) is 30.5 Å². The molecule has 3 nitrogen and oxygen atoms in total. The van der Waals surface area contributed by atoms with Crippen molar-refractivity contribution in [3.05, 3.63) is 34.9 Å². The molecule has 86 valence electrons. The number of nitrogens with one attached hydrogen (secondary N) is 1. The topological polar surface area (TPSA) is 49.3 Å². The first-order valence-corrected chi connectivity index (χ1v) is 5.76. The summed E-state index contributed by atoms with van der Waals surface area (Å²) in [5, 5.41) is 12.9. The van der Waals surface area contributed by atoms with Crippen LogP contribution in [0.5, 0.6) is 0 Å². The fourth-order valence-corrected chi connectivity index (χ4v) is 2.55. The molecule has 0 unspecified atom stereocenters. The zero-order chi connectivity index (χ0) is 11.5. The third kappa shape index (κ3) is 2.36. The Labute approximate surface area is 99.4 Å². The molecule has 0 bridgehead atoms. The maximum atomic E-state index is 10.8. The van der Waals surface area contributed by atoms with E-state index < -0.39 is 5.97 Å². The summed E-state index contributed by atoms with van der Waals surface area (Å²) >= 11 is 6.12. The van der Waals surface area contributed by atoms with Crippen molar-refractivity contribution >= 4 is 17.6 Å². The van der Waals surface area contributed by atoms with Crippen molar-refractivity contribution in [3.63, 3.8) is 0 Å². The molecule has 4 heteroatoms. The number of hydrogen-bond acceptors (Lipinski definition) is 2. The Morgan fingerprint density at radius 2 is 2.25 bits per heavy atom. The van der Waals surface area contributed by atoms with E-state index in [-0.39, 0.29) is 18.4 Å². The van der Waals surface area contributed by atoms with E-state index in [9.17, 15) is 4.79 Å². The highest BCUT2D eigenvalue weighted by atomic mass is 35.5. The minimum absolute atomic E-state index is 0.0739. The van der Waals surface area contributed by atoms with Crippen LogP contribution in [0.3, 0.4) is 0 Å². The molecule has 0 spiro atoms. The number of carbonyl (C=O) groups is 1. The predicted molar refractivity (Wildman–Crippen MR) is 62.6 cm³/mol. The van der Waals surface area contributed by atoms with Crippen LogP contribution >= 0.6 is 11.6 Å². The van der Waals surface area contributed by atoms with Crippen LogP contribution in [-0.4, -0.2) is 17.6 Å². The average Bonchev–Trinajstić information content (AvgIpc) is 2.66. The fourth-order valence-electron chi connectivity index (χ4n) is 2.29. The largest absolute Gasteiger partial charge is 0.481 e. The van der Waals surface area contributed by atoms with Gasteiger partial charge in [0.1, 0.15) is 0 Å². The zero-order valence-corrected chi connectivity index (χ0v) is 9.57. The van der Waals surface area contributed by atoms with E-state index >= 15 is 0 Å². The third-order valence-corrected chi connectivity index (χ3v) is 3.37. The maximum Gasteiger partial charge on any atom is 0.303 e. The lowest BCUT2D eigenvalue weighted by Gasteiger charge is -2.19. The average molecular weight is 240 g/mol. The van der Waals surface area contributed by atoms with Gasteiger partial charge in [-0.2, -0.15) is 0 Å². The quantitative estimate of drug-likeness (QED) is 0.852. The lowest BCUT2D eigenvalue weighted by molar-refractivity contribution is -0.138. The van der Waals surface area contributed by atoms with Crippen LogP contribution in [0.4, 0.5) is 0 Å². The highest BCUT2D eigenvalue weighted by Crippen LogP contribution is 2.35. The normalized spacial score (nSPS) is 24.6. The van der Waals surface area contributed by atoms with Crippen molar-refractivity contribution in [2.75, 3.05) is 6.54 Å². The second-order valence-corrected chi connectivity index (χ2v) is 4.51. The molecule has 1 aliphatic heterocycles. The molecule has 1 heterocycles. The van der Waals surface area contributed by atoms with Gasteiger partial charge in [0, 0.05) is 11.1 Å². The van der Waals surface area contributed by atoms with Crippen molar-refractivity contribution in [3.8, 4) is 0 Å². The summed E-state index contributed by atoms with van der Waals surface area (Å²) < 4.78 is 0. The molecule has 0 amide bonds. The first-order valence-electron chi connectivity index (χ1n) is 5.38. The molecule has 1 aromatic carbocycles. The van der Waals surface area contributed by atoms with E-state index in [1.54, 1.807) is 0 Å². The Kier molecular flexibility index (Phi) is 3.46. The van der Waals surface area contributed by atoms with Crippen LogP contribution in [-0.2, 0) is 4.79 Å². The van der Waals surface area contributed by atoms with Crippen LogP contribution in [0.15, 0.2) is 24.3 Å². The van der Waals surface area contributed by atoms with E-state index in [2.05, 4.69) is 5.32 Å². The summed E-state index contributed by atoms with van der Waals surface area (Å²) in [6.07, 6.45) is 1.09. The molecular weight excluding hydrogens is 226 g/mol. The lowest BCUT2D eigenvalue weighted by Crippen LogP contribution is -2.20. The van der Waals surface area contributed by atoms with Crippen LogP contribution < -0.4 is 5.32 Å². The standard InChI is InChI=1S/C12H14ClNO2/c13-10-4-2-1-3-9(10)12-8(5-6-14-12)7-11(15)16/h1-4,8,12,14H,5-7H2,(H,15,16)/t8-,12+/m0/s1. The smallest absolute Gasteiger partial charge is 0.303 e. The molecule has 16 heavy (non-hydrogen) atoms. The molecule has 0 aromatic heterocycles. The summed E-state index contributed by atoms with van der Waals surface area (Å²) in [6, 6.07) is 7.69. The van der Waals surface area contributed by atoms with Gasteiger partial charge in [-0.15, -0.1) is 0 Å². The Bertz CT molecular complexity index is 394. The first-order chi connectivity index (χ1) is 7.68. The first kappa shape index (κ1) is 11.4. The molecule has 2 atom stereocenters. The second kappa shape index (κ2) is 4.85. The van der Waals surface area contributed by atoms with Crippen molar-refractivity contribution in [2.45, 2.75) is 18.9 Å². The Balaban J connectivity index is 2.20. The number of benzene rings is 1. The monoisotopic (exact) mass is 239 g/mol. The van der Waals surface area contributed by atoms with Gasteiger partial charge < -0.3 is 10.4 Å². The van der Waals surface area contributed by atoms with Gasteiger partial charge >= 0.3 is 5.97 Å². The number of hydrogen-bond donors (Lipinski definition) is 2. The minimum atomic E-state index is -0.745. The number of carboxylic acid groups (broad SMARTS) is 1. The maximum absolute atomic E-state index is 10.8. The molecule has 1 fully saturated rings. The van der Waals surface area contributed by atoms with Gasteiger partial charge in [-0.1, -0.05) is 29.8 Å². The molecule has 1 saturated heterocycles. The predicted octanol–water partition coefficient (Wildman–Crippen LogP) is 2.47. The van der Waals surface area contributed by atoms with E-state index in [1.165, 1.54) is 0 Å². The molecule has 2 N–H and O–H groups in total. The van der Waals surface area contributed by atoms with E-state index in [1.807, 2.05) is 24.3 Å². The molecule has 1 aromatic rings. The molecule has 0 saturated carbocycles. The summed E-state index contributed by atoms with van der Waals surface area (Å²) in [5.74, 6) is -0.608. The summed E-state index contributed by atoms with van der Waals surface area (Å²) in [6.45, 7) is 0.855. The Morgan fingerprint density at radius 1 is 1.50 bits per heavy atom. The van der Waals surface area contributed by atoms with Crippen LogP contribution in [0.25, 0.3) is 0 Å². The summed E-state index contributed by atoms with van der Waals surface area (Å²) in [7, 11) is 0. The van der Waals surface area contributed by atoms with Crippen molar-refractivity contribution < 1.29 is 9.90 Å². The van der Waals surface area contributed by atoms with Crippen LogP contribution in [0.2, 0.25) is 5.02 Å². The van der Waals surface area contributed by atoms with Crippen molar-refractivity contribution in [1.29, 1.82) is 0 Å². The Morgan fingerprint density at radius 3 is 2.94 bits per heavy atom. The number of rotatable bonds is 3. The van der Waals surface area contributed by atoms with Gasteiger partial charge in [0.25, 0.3) is 0 Å². The molecule has 2 rings (SSSR count). The fraction of sp³-hybridized carbons (Fsp3) is 0.417. The zero-order valence-electron chi connectivity index (χ0n) is 8.82. The van der Waals surface area contributed by atoms with Crippen molar-refractivity contribution in [2.24, 2.45) is 5.92 Å². The highest BCUT2D eigenvalue weighted by Gasteiger charge is 2.30. The SMILES string of the molecule is O=C(O)C[C@@H]1CCN[C@H]1c1ccccc1Cl. The van der Waals surface area contributed by atoms with Crippen LogP contribution in [0.1, 0.15) is 24.4 Å². The number of aliphatic carboxylic acids is 1. The minimum Gasteiger partial charge on any atom is -0.481 e. The molecule has 0 radical (unpaired) electrons. The van der Waals surface area contributed by atoms with E-state index in [0.29, 0.717) is 5.02 Å². The van der Waals surface area contributed by atoms with E-state index in [4.69, 9.17) is 16.7 Å². The van der Waals surface area contributed by atoms with Gasteiger partial charge in [0.05, 0.1) is 6.42 Å². The van der Waals surface area contributed by atoms with Crippen molar-refractivity contribution in [1.82, 2.24) is 5.32 Å². The highest BCUT2D eigenvalue weighted by molar-refractivity contribution is 6.31. The summed E-state index contributed by atoms with van der Waals surface area (Å²) in [4.78, 5) is 10.8.